The maximum atomic E-state index is 9.64. The lowest BCUT2D eigenvalue weighted by atomic mass is 9.91. The summed E-state index contributed by atoms with van der Waals surface area (Å²) in [5.41, 5.74) is 6.51. The van der Waals surface area contributed by atoms with Gasteiger partial charge in [-0.05, 0) is 50.7 Å². The van der Waals surface area contributed by atoms with Gasteiger partial charge in [-0.3, -0.25) is 0 Å². The van der Waals surface area contributed by atoms with Crippen LogP contribution in [0.25, 0.3) is 0 Å². The second kappa shape index (κ2) is 6.71. The molecule has 2 rings (SSSR count). The van der Waals surface area contributed by atoms with Gasteiger partial charge in [0.05, 0.1) is 0 Å². The predicted octanol–water partition coefficient (Wildman–Crippen LogP) is 4.01. The van der Waals surface area contributed by atoms with E-state index in [1.165, 1.54) is 27.8 Å². The molecule has 0 radical (unpaired) electrons. The molecular weight excluding hydrogens is 244 g/mol. The molecule has 1 atom stereocenters. The molecular formula is C19H24O. The Morgan fingerprint density at radius 2 is 1.30 bits per heavy atom. The summed E-state index contributed by atoms with van der Waals surface area (Å²) in [4.78, 5) is 0. The minimum Gasteiger partial charge on any atom is -0.396 e. The number of aliphatic hydroxyl groups is 1. The maximum absolute atomic E-state index is 9.64. The molecule has 0 saturated heterocycles. The first-order chi connectivity index (χ1) is 9.56. The van der Waals surface area contributed by atoms with E-state index in [1.54, 1.807) is 0 Å². The molecule has 0 aromatic heterocycles. The Morgan fingerprint density at radius 1 is 0.750 bits per heavy atom. The zero-order valence-electron chi connectivity index (χ0n) is 12.7. The average molecular weight is 268 g/mol. The highest BCUT2D eigenvalue weighted by Crippen LogP contribution is 2.17. The monoisotopic (exact) mass is 268 g/mol. The number of aryl methyl sites for hydroxylation is 3. The Balaban J connectivity index is 2.06. The molecule has 0 spiro atoms. The molecule has 1 heteroatoms. The first-order valence-corrected chi connectivity index (χ1v) is 7.30. The highest BCUT2D eigenvalue weighted by atomic mass is 16.3. The molecule has 1 unspecified atom stereocenters. The van der Waals surface area contributed by atoms with Gasteiger partial charge in [0, 0.05) is 6.61 Å². The molecule has 1 nitrogen and oxygen atoms in total. The zero-order valence-corrected chi connectivity index (χ0v) is 12.7. The van der Waals surface area contributed by atoms with Crippen molar-refractivity contribution in [2.24, 2.45) is 5.92 Å². The standard InChI is InChI=1S/C19H24O/c1-14-4-6-17(7-5-14)11-19(13-20)12-18-9-15(2)8-16(3)10-18/h4-10,19-20H,11-13H2,1-3H3. The van der Waals surface area contributed by atoms with Gasteiger partial charge in [-0.25, -0.2) is 0 Å². The summed E-state index contributed by atoms with van der Waals surface area (Å²) < 4.78 is 0. The lowest BCUT2D eigenvalue weighted by Crippen LogP contribution is -2.13. The van der Waals surface area contributed by atoms with E-state index in [9.17, 15) is 5.11 Å². The summed E-state index contributed by atoms with van der Waals surface area (Å²) in [6.07, 6.45) is 1.87. The van der Waals surface area contributed by atoms with Crippen LogP contribution in [0.4, 0.5) is 0 Å². The van der Waals surface area contributed by atoms with Crippen molar-refractivity contribution >= 4 is 0 Å². The van der Waals surface area contributed by atoms with Crippen LogP contribution < -0.4 is 0 Å². The van der Waals surface area contributed by atoms with Gasteiger partial charge in [-0.1, -0.05) is 59.2 Å². The topological polar surface area (TPSA) is 20.2 Å². The Bertz CT molecular complexity index is 534. The van der Waals surface area contributed by atoms with Crippen molar-refractivity contribution in [3.8, 4) is 0 Å². The number of benzene rings is 2. The van der Waals surface area contributed by atoms with Crippen molar-refractivity contribution in [1.29, 1.82) is 0 Å². The summed E-state index contributed by atoms with van der Waals surface area (Å²) in [5, 5.41) is 9.64. The van der Waals surface area contributed by atoms with Gasteiger partial charge >= 0.3 is 0 Å². The lowest BCUT2D eigenvalue weighted by Gasteiger charge is -2.15. The number of hydrogen-bond donors (Lipinski definition) is 1. The van der Waals surface area contributed by atoms with E-state index in [2.05, 4.69) is 63.2 Å². The van der Waals surface area contributed by atoms with Gasteiger partial charge in [0.15, 0.2) is 0 Å². The first-order valence-electron chi connectivity index (χ1n) is 7.30. The van der Waals surface area contributed by atoms with Crippen LogP contribution in [0.5, 0.6) is 0 Å². The van der Waals surface area contributed by atoms with E-state index in [1.807, 2.05) is 0 Å². The molecule has 0 amide bonds. The fourth-order valence-electron chi connectivity index (χ4n) is 2.78. The van der Waals surface area contributed by atoms with Crippen LogP contribution >= 0.6 is 0 Å². The number of aliphatic hydroxyl groups excluding tert-OH is 1. The molecule has 0 aliphatic carbocycles. The summed E-state index contributed by atoms with van der Waals surface area (Å²) in [6.45, 7) is 6.60. The van der Waals surface area contributed by atoms with Gasteiger partial charge in [0.2, 0.25) is 0 Å². The number of rotatable bonds is 5. The van der Waals surface area contributed by atoms with E-state index in [-0.39, 0.29) is 6.61 Å². The van der Waals surface area contributed by atoms with Crippen LogP contribution in [-0.2, 0) is 12.8 Å². The van der Waals surface area contributed by atoms with E-state index >= 15 is 0 Å². The van der Waals surface area contributed by atoms with Crippen molar-refractivity contribution in [1.82, 2.24) is 0 Å². The van der Waals surface area contributed by atoms with Crippen LogP contribution in [0.3, 0.4) is 0 Å². The van der Waals surface area contributed by atoms with Crippen molar-refractivity contribution in [2.75, 3.05) is 6.61 Å². The minimum absolute atomic E-state index is 0.237. The second-order valence-corrected chi connectivity index (χ2v) is 5.94. The SMILES string of the molecule is Cc1ccc(CC(CO)Cc2cc(C)cc(C)c2)cc1. The van der Waals surface area contributed by atoms with Gasteiger partial charge in [0.1, 0.15) is 0 Å². The minimum atomic E-state index is 0.237. The Hall–Kier alpha value is -1.60. The van der Waals surface area contributed by atoms with E-state index in [4.69, 9.17) is 0 Å². The van der Waals surface area contributed by atoms with Crippen molar-refractivity contribution in [2.45, 2.75) is 33.6 Å². The summed E-state index contributed by atoms with van der Waals surface area (Å²) >= 11 is 0. The fourth-order valence-corrected chi connectivity index (χ4v) is 2.78. The van der Waals surface area contributed by atoms with E-state index < -0.39 is 0 Å². The molecule has 0 saturated carbocycles. The third-order valence-corrected chi connectivity index (χ3v) is 3.71. The molecule has 0 bridgehead atoms. The summed E-state index contributed by atoms with van der Waals surface area (Å²) in [5.74, 6) is 0.291. The van der Waals surface area contributed by atoms with Crippen LogP contribution in [0.2, 0.25) is 0 Å². The molecule has 0 fully saturated rings. The van der Waals surface area contributed by atoms with Gasteiger partial charge in [0.25, 0.3) is 0 Å². The first kappa shape index (κ1) is 14.8. The maximum Gasteiger partial charge on any atom is 0.0465 e. The Kier molecular flexibility index (Phi) is 4.97. The quantitative estimate of drug-likeness (QED) is 0.869. The Labute approximate surface area is 122 Å². The zero-order chi connectivity index (χ0) is 14.5. The normalized spacial score (nSPS) is 12.4. The molecule has 20 heavy (non-hydrogen) atoms. The highest BCUT2D eigenvalue weighted by Gasteiger charge is 2.10. The van der Waals surface area contributed by atoms with Crippen LogP contribution in [0, 0.1) is 26.7 Å². The average Bonchev–Trinajstić information content (AvgIpc) is 2.39. The molecule has 106 valence electrons. The molecule has 0 aliphatic heterocycles. The third-order valence-electron chi connectivity index (χ3n) is 3.71. The fraction of sp³-hybridized carbons (Fsp3) is 0.368. The van der Waals surface area contributed by atoms with Gasteiger partial charge in [-0.15, -0.1) is 0 Å². The largest absolute Gasteiger partial charge is 0.396 e. The molecule has 1 N–H and O–H groups in total. The van der Waals surface area contributed by atoms with Crippen LogP contribution in [0.15, 0.2) is 42.5 Å². The van der Waals surface area contributed by atoms with Crippen molar-refractivity contribution in [3.05, 3.63) is 70.3 Å². The van der Waals surface area contributed by atoms with Gasteiger partial charge in [-0.2, -0.15) is 0 Å². The summed E-state index contributed by atoms with van der Waals surface area (Å²) in [7, 11) is 0. The summed E-state index contributed by atoms with van der Waals surface area (Å²) in [6, 6.07) is 15.3. The van der Waals surface area contributed by atoms with Crippen LogP contribution in [0.1, 0.15) is 27.8 Å². The van der Waals surface area contributed by atoms with Crippen molar-refractivity contribution < 1.29 is 5.11 Å². The lowest BCUT2D eigenvalue weighted by molar-refractivity contribution is 0.225. The second-order valence-electron chi connectivity index (χ2n) is 5.94. The molecule has 0 heterocycles. The van der Waals surface area contributed by atoms with Gasteiger partial charge < -0.3 is 5.11 Å². The Morgan fingerprint density at radius 3 is 1.85 bits per heavy atom. The van der Waals surface area contributed by atoms with Crippen molar-refractivity contribution in [3.63, 3.8) is 0 Å². The molecule has 2 aromatic rings. The third kappa shape index (κ3) is 4.21. The highest BCUT2D eigenvalue weighted by molar-refractivity contribution is 5.29. The van der Waals surface area contributed by atoms with E-state index in [0.29, 0.717) is 5.92 Å². The number of hydrogen-bond acceptors (Lipinski definition) is 1. The van der Waals surface area contributed by atoms with Crippen LogP contribution in [-0.4, -0.2) is 11.7 Å². The molecule has 0 aliphatic rings. The smallest absolute Gasteiger partial charge is 0.0465 e. The predicted molar refractivity (Wildman–Crippen MR) is 85.1 cm³/mol. The molecule has 2 aromatic carbocycles. The van der Waals surface area contributed by atoms with E-state index in [0.717, 1.165) is 12.8 Å².